The fourth-order valence-electron chi connectivity index (χ4n) is 2.85. The molecule has 1 saturated heterocycles. The SMILES string of the molecule is C=C(COC1OC(CO)C(O)C(O)C1O)C1CC=C(C)CC1. The molecule has 0 aromatic rings. The lowest BCUT2D eigenvalue weighted by atomic mass is 9.86. The van der Waals surface area contributed by atoms with Gasteiger partial charge >= 0.3 is 0 Å². The highest BCUT2D eigenvalue weighted by Crippen LogP contribution is 2.29. The quantitative estimate of drug-likeness (QED) is 0.537. The molecule has 1 aliphatic carbocycles. The largest absolute Gasteiger partial charge is 0.394 e. The molecule has 0 radical (unpaired) electrons. The maximum atomic E-state index is 9.90. The molecule has 6 atom stereocenters. The van der Waals surface area contributed by atoms with Gasteiger partial charge in [0.1, 0.15) is 24.4 Å². The van der Waals surface area contributed by atoms with Crippen molar-refractivity contribution < 1.29 is 29.9 Å². The summed E-state index contributed by atoms with van der Waals surface area (Å²) in [5.74, 6) is 0.341. The molecule has 6 nitrogen and oxygen atoms in total. The van der Waals surface area contributed by atoms with Gasteiger partial charge in [-0.1, -0.05) is 18.2 Å². The Hall–Kier alpha value is -0.760. The average Bonchev–Trinajstić information content (AvgIpc) is 2.52. The minimum atomic E-state index is -1.41. The minimum absolute atomic E-state index is 0.209. The van der Waals surface area contributed by atoms with E-state index in [1.54, 1.807) is 0 Å². The van der Waals surface area contributed by atoms with E-state index in [2.05, 4.69) is 19.6 Å². The van der Waals surface area contributed by atoms with Crippen molar-refractivity contribution in [2.24, 2.45) is 5.92 Å². The predicted octanol–water partition coefficient (Wildman–Crippen LogP) is 0.105. The van der Waals surface area contributed by atoms with Gasteiger partial charge in [-0.2, -0.15) is 0 Å². The lowest BCUT2D eigenvalue weighted by Crippen LogP contribution is -2.59. The van der Waals surface area contributed by atoms with E-state index in [-0.39, 0.29) is 6.61 Å². The molecule has 0 bridgehead atoms. The zero-order valence-electron chi connectivity index (χ0n) is 12.9. The number of hydrogen-bond donors (Lipinski definition) is 4. The summed E-state index contributed by atoms with van der Waals surface area (Å²) < 4.78 is 10.8. The van der Waals surface area contributed by atoms with Crippen LogP contribution >= 0.6 is 0 Å². The van der Waals surface area contributed by atoms with Crippen LogP contribution in [0.5, 0.6) is 0 Å². The van der Waals surface area contributed by atoms with Gasteiger partial charge in [0.15, 0.2) is 6.29 Å². The maximum Gasteiger partial charge on any atom is 0.187 e. The summed E-state index contributed by atoms with van der Waals surface area (Å²) in [6.07, 6.45) is -0.970. The number of allylic oxidation sites excluding steroid dienone is 2. The third-order valence-corrected chi connectivity index (χ3v) is 4.50. The first-order valence-electron chi connectivity index (χ1n) is 7.69. The van der Waals surface area contributed by atoms with Gasteiger partial charge in [-0.05, 0) is 37.7 Å². The summed E-state index contributed by atoms with van der Waals surface area (Å²) in [4.78, 5) is 0. The second kappa shape index (κ2) is 7.68. The summed E-state index contributed by atoms with van der Waals surface area (Å²) in [7, 11) is 0. The molecule has 0 spiro atoms. The van der Waals surface area contributed by atoms with Gasteiger partial charge in [0, 0.05) is 0 Å². The van der Waals surface area contributed by atoms with E-state index in [0.717, 1.165) is 24.8 Å². The third kappa shape index (κ3) is 3.95. The molecule has 0 saturated carbocycles. The Labute approximate surface area is 130 Å². The van der Waals surface area contributed by atoms with Crippen LogP contribution in [0, 0.1) is 5.92 Å². The molecule has 0 aromatic heterocycles. The topological polar surface area (TPSA) is 99.4 Å². The zero-order chi connectivity index (χ0) is 16.3. The van der Waals surface area contributed by atoms with Crippen molar-refractivity contribution in [1.29, 1.82) is 0 Å². The molecule has 1 fully saturated rings. The molecule has 6 heteroatoms. The average molecular weight is 314 g/mol. The van der Waals surface area contributed by atoms with E-state index in [0.29, 0.717) is 5.92 Å². The molecule has 2 rings (SSSR count). The van der Waals surface area contributed by atoms with Crippen LogP contribution in [-0.2, 0) is 9.47 Å². The Bertz CT molecular complexity index is 419. The van der Waals surface area contributed by atoms with Crippen molar-refractivity contribution in [2.45, 2.75) is 56.9 Å². The fourth-order valence-corrected chi connectivity index (χ4v) is 2.85. The number of aliphatic hydroxyl groups excluding tert-OH is 4. The summed E-state index contributed by atoms with van der Waals surface area (Å²) in [5, 5.41) is 38.4. The van der Waals surface area contributed by atoms with Crippen molar-refractivity contribution >= 4 is 0 Å². The second-order valence-corrected chi connectivity index (χ2v) is 6.19. The van der Waals surface area contributed by atoms with Crippen LogP contribution < -0.4 is 0 Å². The molecule has 0 aromatic carbocycles. The van der Waals surface area contributed by atoms with E-state index in [9.17, 15) is 15.3 Å². The van der Waals surface area contributed by atoms with Gasteiger partial charge in [-0.15, -0.1) is 0 Å². The Kier molecular flexibility index (Phi) is 6.14. The Morgan fingerprint density at radius 2 is 2.05 bits per heavy atom. The van der Waals surface area contributed by atoms with Gasteiger partial charge in [0.05, 0.1) is 13.2 Å². The van der Waals surface area contributed by atoms with Gasteiger partial charge in [0.2, 0.25) is 0 Å². The van der Waals surface area contributed by atoms with E-state index in [1.165, 1.54) is 5.57 Å². The van der Waals surface area contributed by atoms with Gasteiger partial charge in [-0.25, -0.2) is 0 Å². The number of ether oxygens (including phenoxy) is 2. The molecule has 126 valence electrons. The van der Waals surface area contributed by atoms with E-state index in [1.807, 2.05) is 0 Å². The van der Waals surface area contributed by atoms with Crippen LogP contribution in [-0.4, -0.2) is 64.3 Å². The Balaban J connectivity index is 1.86. The fraction of sp³-hybridized carbons (Fsp3) is 0.750. The number of aliphatic hydroxyl groups is 4. The highest BCUT2D eigenvalue weighted by atomic mass is 16.7. The molecule has 1 heterocycles. The van der Waals surface area contributed by atoms with Crippen LogP contribution in [0.15, 0.2) is 23.8 Å². The lowest BCUT2D eigenvalue weighted by Gasteiger charge is -2.39. The molecule has 0 amide bonds. The summed E-state index contributed by atoms with van der Waals surface area (Å²) in [6.45, 7) is 5.90. The molecule has 22 heavy (non-hydrogen) atoms. The Morgan fingerprint density at radius 3 is 2.64 bits per heavy atom. The standard InChI is InChI=1S/C16H26O6/c1-9-3-5-11(6-4-9)10(2)8-21-16-15(20)14(19)13(18)12(7-17)22-16/h3,11-20H,2,4-8H2,1H3. The molecule has 6 unspecified atom stereocenters. The van der Waals surface area contributed by atoms with Crippen LogP contribution in [0.3, 0.4) is 0 Å². The summed E-state index contributed by atoms with van der Waals surface area (Å²) in [6, 6.07) is 0. The normalized spacial score (nSPS) is 39.4. The zero-order valence-corrected chi connectivity index (χ0v) is 12.9. The first-order chi connectivity index (χ1) is 10.4. The third-order valence-electron chi connectivity index (χ3n) is 4.50. The van der Waals surface area contributed by atoms with Crippen molar-refractivity contribution in [3.05, 3.63) is 23.8 Å². The van der Waals surface area contributed by atoms with E-state index < -0.39 is 37.3 Å². The van der Waals surface area contributed by atoms with Gasteiger partial charge in [-0.3, -0.25) is 0 Å². The highest BCUT2D eigenvalue weighted by molar-refractivity contribution is 5.12. The van der Waals surface area contributed by atoms with E-state index >= 15 is 0 Å². The predicted molar refractivity (Wildman–Crippen MR) is 80.0 cm³/mol. The van der Waals surface area contributed by atoms with Crippen LogP contribution in [0.4, 0.5) is 0 Å². The van der Waals surface area contributed by atoms with Gasteiger partial charge < -0.3 is 29.9 Å². The van der Waals surface area contributed by atoms with Crippen LogP contribution in [0.2, 0.25) is 0 Å². The van der Waals surface area contributed by atoms with Crippen molar-refractivity contribution in [3.63, 3.8) is 0 Å². The first-order valence-corrected chi connectivity index (χ1v) is 7.69. The molecule has 2 aliphatic rings. The van der Waals surface area contributed by atoms with Crippen molar-refractivity contribution in [3.8, 4) is 0 Å². The number of hydrogen-bond acceptors (Lipinski definition) is 6. The summed E-state index contributed by atoms with van der Waals surface area (Å²) in [5.41, 5.74) is 2.31. The van der Waals surface area contributed by atoms with Crippen molar-refractivity contribution in [1.82, 2.24) is 0 Å². The number of rotatable bonds is 5. The minimum Gasteiger partial charge on any atom is -0.394 e. The smallest absolute Gasteiger partial charge is 0.187 e. The second-order valence-electron chi connectivity index (χ2n) is 6.19. The molecular weight excluding hydrogens is 288 g/mol. The van der Waals surface area contributed by atoms with E-state index in [4.69, 9.17) is 14.6 Å². The Morgan fingerprint density at radius 1 is 1.32 bits per heavy atom. The monoisotopic (exact) mass is 314 g/mol. The van der Waals surface area contributed by atoms with Crippen LogP contribution in [0.25, 0.3) is 0 Å². The molecular formula is C16H26O6. The maximum absolute atomic E-state index is 9.90. The molecule has 1 aliphatic heterocycles. The first kappa shape index (κ1) is 17.6. The lowest BCUT2D eigenvalue weighted by molar-refractivity contribution is -0.299. The van der Waals surface area contributed by atoms with Crippen molar-refractivity contribution in [2.75, 3.05) is 13.2 Å². The highest BCUT2D eigenvalue weighted by Gasteiger charge is 2.44. The van der Waals surface area contributed by atoms with Crippen LogP contribution in [0.1, 0.15) is 26.2 Å². The molecule has 4 N–H and O–H groups in total. The van der Waals surface area contributed by atoms with Gasteiger partial charge in [0.25, 0.3) is 0 Å². The summed E-state index contributed by atoms with van der Waals surface area (Å²) >= 11 is 0.